The highest BCUT2D eigenvalue weighted by Crippen LogP contribution is 2.31. The zero-order valence-electron chi connectivity index (χ0n) is 10.5. The first-order chi connectivity index (χ1) is 9.11. The van der Waals surface area contributed by atoms with Crippen molar-refractivity contribution < 1.29 is 0 Å². The predicted octanol–water partition coefficient (Wildman–Crippen LogP) is 5.45. The van der Waals surface area contributed by atoms with Crippen LogP contribution in [0.15, 0.2) is 46.9 Å². The number of hydrogen-bond acceptors (Lipinski definition) is 1. The number of hydrogen-bond donors (Lipinski definition) is 1. The van der Waals surface area contributed by atoms with Crippen molar-refractivity contribution in [2.24, 2.45) is 0 Å². The van der Waals surface area contributed by atoms with Crippen LogP contribution in [0.2, 0.25) is 10.0 Å². The number of halogens is 3. The van der Waals surface area contributed by atoms with Crippen molar-refractivity contribution in [3.63, 3.8) is 0 Å². The average Bonchev–Trinajstić information content (AvgIpc) is 2.40. The smallest absolute Gasteiger partial charge is 0.0591 e. The highest BCUT2D eigenvalue weighted by Gasteiger charge is 2.16. The molecule has 0 spiro atoms. The molecule has 1 atom stereocenters. The molecule has 2 rings (SSSR count). The fourth-order valence-corrected chi connectivity index (χ4v) is 2.73. The maximum atomic E-state index is 6.32. The summed E-state index contributed by atoms with van der Waals surface area (Å²) in [5, 5.41) is 4.94. The zero-order chi connectivity index (χ0) is 13.8. The molecule has 0 heterocycles. The van der Waals surface area contributed by atoms with Gasteiger partial charge in [-0.3, -0.25) is 0 Å². The summed E-state index contributed by atoms with van der Waals surface area (Å²) in [4.78, 5) is 0. The Hall–Kier alpha value is -0.540. The number of nitrogens with one attached hydrogen (secondary N) is 1. The summed E-state index contributed by atoms with van der Waals surface area (Å²) >= 11 is 15.8. The van der Waals surface area contributed by atoms with Crippen molar-refractivity contribution in [1.29, 1.82) is 0 Å². The van der Waals surface area contributed by atoms with Crippen LogP contribution in [-0.2, 0) is 0 Å². The largest absolute Gasteiger partial charge is 0.306 e. The van der Waals surface area contributed by atoms with E-state index in [0.29, 0.717) is 0 Å². The van der Waals surface area contributed by atoms with Crippen molar-refractivity contribution in [3.8, 4) is 0 Å². The van der Waals surface area contributed by atoms with E-state index in [0.717, 1.165) is 32.2 Å². The minimum absolute atomic E-state index is 0.0623. The first-order valence-corrected chi connectivity index (χ1v) is 7.60. The predicted molar refractivity (Wildman–Crippen MR) is 86.1 cm³/mol. The van der Waals surface area contributed by atoms with E-state index in [1.807, 2.05) is 42.5 Å². The van der Waals surface area contributed by atoms with E-state index < -0.39 is 0 Å². The second kappa shape index (κ2) is 6.76. The summed E-state index contributed by atoms with van der Waals surface area (Å²) in [6, 6.07) is 13.8. The lowest BCUT2D eigenvalue weighted by Gasteiger charge is -2.20. The van der Waals surface area contributed by atoms with Gasteiger partial charge in [-0.25, -0.2) is 0 Å². The molecule has 2 aromatic rings. The third-order valence-corrected chi connectivity index (χ3v) is 3.97. The highest BCUT2D eigenvalue weighted by molar-refractivity contribution is 9.10. The Morgan fingerprint density at radius 2 is 1.79 bits per heavy atom. The van der Waals surface area contributed by atoms with Gasteiger partial charge in [0.15, 0.2) is 0 Å². The molecular weight excluding hydrogens is 345 g/mol. The lowest BCUT2D eigenvalue weighted by Crippen LogP contribution is -2.22. The van der Waals surface area contributed by atoms with E-state index in [1.54, 1.807) is 0 Å². The fraction of sp³-hybridized carbons (Fsp3) is 0.200. The third-order valence-electron chi connectivity index (χ3n) is 2.88. The standard InChI is InChI=1S/C15H14BrCl2N/c1-2-19-15(10-3-6-12(17)7-4-10)13-9-11(16)5-8-14(13)18/h3-9,15,19H,2H2,1H3. The monoisotopic (exact) mass is 357 g/mol. The van der Waals surface area contributed by atoms with Gasteiger partial charge in [0, 0.05) is 14.5 Å². The first kappa shape index (κ1) is 14.9. The number of rotatable bonds is 4. The van der Waals surface area contributed by atoms with Crippen molar-refractivity contribution >= 4 is 39.1 Å². The molecule has 0 amide bonds. The molecule has 0 radical (unpaired) electrons. The summed E-state index contributed by atoms with van der Waals surface area (Å²) in [5.74, 6) is 0. The van der Waals surface area contributed by atoms with Gasteiger partial charge >= 0.3 is 0 Å². The summed E-state index contributed by atoms with van der Waals surface area (Å²) in [7, 11) is 0. The van der Waals surface area contributed by atoms with E-state index in [4.69, 9.17) is 23.2 Å². The normalized spacial score (nSPS) is 12.4. The van der Waals surface area contributed by atoms with Gasteiger partial charge in [-0.05, 0) is 48.0 Å². The van der Waals surface area contributed by atoms with Gasteiger partial charge < -0.3 is 5.32 Å². The molecule has 0 aliphatic carbocycles. The van der Waals surface area contributed by atoms with Crippen molar-refractivity contribution in [3.05, 3.63) is 68.1 Å². The van der Waals surface area contributed by atoms with E-state index in [9.17, 15) is 0 Å². The van der Waals surface area contributed by atoms with Crippen LogP contribution in [0.25, 0.3) is 0 Å². The van der Waals surface area contributed by atoms with E-state index in [2.05, 4.69) is 28.2 Å². The molecule has 100 valence electrons. The Morgan fingerprint density at radius 1 is 1.11 bits per heavy atom. The number of benzene rings is 2. The van der Waals surface area contributed by atoms with Crippen molar-refractivity contribution in [1.82, 2.24) is 5.32 Å². The van der Waals surface area contributed by atoms with Gasteiger partial charge in [0.1, 0.15) is 0 Å². The molecule has 2 aromatic carbocycles. The van der Waals surface area contributed by atoms with Gasteiger partial charge in [-0.1, -0.05) is 58.2 Å². The van der Waals surface area contributed by atoms with Gasteiger partial charge in [-0.2, -0.15) is 0 Å². The van der Waals surface area contributed by atoms with Crippen LogP contribution >= 0.6 is 39.1 Å². The lowest BCUT2D eigenvalue weighted by atomic mass is 9.98. The first-order valence-electron chi connectivity index (χ1n) is 6.05. The molecule has 0 bridgehead atoms. The Labute approximate surface area is 132 Å². The summed E-state index contributed by atoms with van der Waals surface area (Å²) < 4.78 is 1.02. The molecule has 1 N–H and O–H groups in total. The minimum atomic E-state index is 0.0623. The fourth-order valence-electron chi connectivity index (χ4n) is 2.00. The van der Waals surface area contributed by atoms with Crippen LogP contribution in [0.1, 0.15) is 24.1 Å². The quantitative estimate of drug-likeness (QED) is 0.765. The van der Waals surface area contributed by atoms with Crippen molar-refractivity contribution in [2.45, 2.75) is 13.0 Å². The van der Waals surface area contributed by atoms with E-state index >= 15 is 0 Å². The zero-order valence-corrected chi connectivity index (χ0v) is 13.6. The minimum Gasteiger partial charge on any atom is -0.306 e. The van der Waals surface area contributed by atoms with Crippen LogP contribution in [0.5, 0.6) is 0 Å². The molecule has 0 fully saturated rings. The Balaban J connectivity index is 2.44. The molecule has 4 heteroatoms. The summed E-state index contributed by atoms with van der Waals surface area (Å²) in [6.45, 7) is 2.94. The Kier molecular flexibility index (Phi) is 5.28. The van der Waals surface area contributed by atoms with Crippen LogP contribution in [0.3, 0.4) is 0 Å². The lowest BCUT2D eigenvalue weighted by molar-refractivity contribution is 0.630. The molecule has 1 unspecified atom stereocenters. The van der Waals surface area contributed by atoms with Crippen LogP contribution in [0, 0.1) is 0 Å². The van der Waals surface area contributed by atoms with E-state index in [1.165, 1.54) is 0 Å². The SMILES string of the molecule is CCNC(c1ccc(Cl)cc1)c1cc(Br)ccc1Cl. The second-order valence-electron chi connectivity index (χ2n) is 4.21. The summed E-state index contributed by atoms with van der Waals surface area (Å²) in [6.07, 6.45) is 0. The summed E-state index contributed by atoms with van der Waals surface area (Å²) in [5.41, 5.74) is 2.20. The maximum Gasteiger partial charge on any atom is 0.0591 e. The molecule has 0 aliphatic heterocycles. The average molecular weight is 359 g/mol. The molecule has 0 saturated heterocycles. The topological polar surface area (TPSA) is 12.0 Å². The van der Waals surface area contributed by atoms with Gasteiger partial charge in [0.2, 0.25) is 0 Å². The molecule has 0 aliphatic rings. The van der Waals surface area contributed by atoms with Crippen molar-refractivity contribution in [2.75, 3.05) is 6.54 Å². The second-order valence-corrected chi connectivity index (χ2v) is 5.97. The van der Waals surface area contributed by atoms with Crippen LogP contribution in [-0.4, -0.2) is 6.54 Å². The molecular formula is C15H14BrCl2N. The van der Waals surface area contributed by atoms with Crippen LogP contribution < -0.4 is 5.32 Å². The third kappa shape index (κ3) is 3.73. The molecule has 0 saturated carbocycles. The Morgan fingerprint density at radius 3 is 2.42 bits per heavy atom. The molecule has 0 aromatic heterocycles. The maximum absolute atomic E-state index is 6.32. The Bertz CT molecular complexity index is 555. The van der Waals surface area contributed by atoms with Gasteiger partial charge in [0.05, 0.1) is 6.04 Å². The molecule has 1 nitrogen and oxygen atoms in total. The highest BCUT2D eigenvalue weighted by atomic mass is 79.9. The van der Waals surface area contributed by atoms with Gasteiger partial charge in [0.25, 0.3) is 0 Å². The van der Waals surface area contributed by atoms with Crippen LogP contribution in [0.4, 0.5) is 0 Å². The molecule has 19 heavy (non-hydrogen) atoms. The van der Waals surface area contributed by atoms with E-state index in [-0.39, 0.29) is 6.04 Å². The van der Waals surface area contributed by atoms with Gasteiger partial charge in [-0.15, -0.1) is 0 Å².